The Bertz CT molecular complexity index is 227. The molecule has 1 unspecified atom stereocenters. The van der Waals surface area contributed by atoms with Crippen LogP contribution in [0.2, 0.25) is 0 Å². The zero-order chi connectivity index (χ0) is 12.1. The highest BCUT2D eigenvalue weighted by molar-refractivity contribution is 5.91. The molecule has 0 heterocycles. The van der Waals surface area contributed by atoms with E-state index in [1.54, 1.807) is 27.7 Å². The summed E-state index contributed by atoms with van der Waals surface area (Å²) in [5.41, 5.74) is -0.562. The fourth-order valence-electron chi connectivity index (χ4n) is 0.845. The highest BCUT2D eigenvalue weighted by Gasteiger charge is 2.20. The molecule has 0 aromatic carbocycles. The summed E-state index contributed by atoms with van der Waals surface area (Å²) < 4.78 is 9.93. The Hall–Kier alpha value is -1.06. The van der Waals surface area contributed by atoms with Crippen molar-refractivity contribution in [2.75, 3.05) is 0 Å². The maximum absolute atomic E-state index is 11.2. The van der Waals surface area contributed by atoms with Crippen LogP contribution in [0.5, 0.6) is 0 Å². The van der Waals surface area contributed by atoms with Gasteiger partial charge >= 0.3 is 11.9 Å². The van der Waals surface area contributed by atoms with Crippen molar-refractivity contribution in [1.29, 1.82) is 0 Å². The van der Waals surface area contributed by atoms with Gasteiger partial charge in [0.2, 0.25) is 0 Å². The summed E-state index contributed by atoms with van der Waals surface area (Å²) in [6.45, 7) is 8.96. The van der Waals surface area contributed by atoms with Crippen LogP contribution in [0, 0.1) is 0 Å². The van der Waals surface area contributed by atoms with E-state index in [4.69, 9.17) is 9.47 Å². The molecule has 4 heteroatoms. The van der Waals surface area contributed by atoms with E-state index in [9.17, 15) is 9.59 Å². The average molecular weight is 216 g/mol. The highest BCUT2D eigenvalue weighted by Crippen LogP contribution is 2.09. The minimum absolute atomic E-state index is 0.153. The SMILES string of the molecule is CCC(C)OC(=O)CC(=O)OC(C)(C)C. The first kappa shape index (κ1) is 13.9. The van der Waals surface area contributed by atoms with Gasteiger partial charge in [-0.2, -0.15) is 0 Å². The van der Waals surface area contributed by atoms with Crippen LogP contribution in [0.1, 0.15) is 47.5 Å². The molecule has 1 atom stereocenters. The zero-order valence-corrected chi connectivity index (χ0v) is 10.1. The van der Waals surface area contributed by atoms with Crippen molar-refractivity contribution in [1.82, 2.24) is 0 Å². The summed E-state index contributed by atoms with van der Waals surface area (Å²) in [5, 5.41) is 0. The third-order valence-corrected chi connectivity index (χ3v) is 1.62. The Kier molecular flexibility index (Phi) is 5.33. The fourth-order valence-corrected chi connectivity index (χ4v) is 0.845. The van der Waals surface area contributed by atoms with Crippen LogP contribution in [0.15, 0.2) is 0 Å². The van der Waals surface area contributed by atoms with Gasteiger partial charge in [0.1, 0.15) is 12.0 Å². The van der Waals surface area contributed by atoms with Crippen LogP contribution in [0.3, 0.4) is 0 Å². The topological polar surface area (TPSA) is 52.6 Å². The van der Waals surface area contributed by atoms with Crippen molar-refractivity contribution < 1.29 is 19.1 Å². The number of hydrogen-bond acceptors (Lipinski definition) is 4. The van der Waals surface area contributed by atoms with Gasteiger partial charge < -0.3 is 9.47 Å². The van der Waals surface area contributed by atoms with E-state index in [1.807, 2.05) is 6.92 Å². The quantitative estimate of drug-likeness (QED) is 0.533. The zero-order valence-electron chi connectivity index (χ0n) is 10.1. The molecular weight excluding hydrogens is 196 g/mol. The number of esters is 2. The molecule has 0 saturated carbocycles. The summed E-state index contributed by atoms with van der Waals surface area (Å²) in [4.78, 5) is 22.4. The Labute approximate surface area is 90.9 Å². The lowest BCUT2D eigenvalue weighted by molar-refractivity contribution is -0.163. The molecular formula is C11H20O4. The monoisotopic (exact) mass is 216 g/mol. The molecule has 0 aliphatic carbocycles. The second kappa shape index (κ2) is 5.73. The van der Waals surface area contributed by atoms with Gasteiger partial charge in [-0.25, -0.2) is 0 Å². The molecule has 0 aliphatic heterocycles. The summed E-state index contributed by atoms with van der Waals surface area (Å²) >= 11 is 0. The minimum Gasteiger partial charge on any atom is -0.462 e. The number of ether oxygens (including phenoxy) is 2. The van der Waals surface area contributed by atoms with Gasteiger partial charge in [-0.15, -0.1) is 0 Å². The van der Waals surface area contributed by atoms with Gasteiger partial charge in [-0.1, -0.05) is 6.92 Å². The lowest BCUT2D eigenvalue weighted by atomic mass is 10.2. The molecule has 88 valence electrons. The van der Waals surface area contributed by atoms with E-state index in [-0.39, 0.29) is 12.5 Å². The molecule has 0 radical (unpaired) electrons. The molecule has 0 bridgehead atoms. The molecule has 0 saturated heterocycles. The van der Waals surface area contributed by atoms with E-state index in [0.29, 0.717) is 0 Å². The fraction of sp³-hybridized carbons (Fsp3) is 0.818. The predicted octanol–water partition coefficient (Wildman–Crippen LogP) is 2.06. The van der Waals surface area contributed by atoms with Gasteiger partial charge in [0, 0.05) is 0 Å². The summed E-state index contributed by atoms with van der Waals surface area (Å²) in [6, 6.07) is 0. The highest BCUT2D eigenvalue weighted by atomic mass is 16.6. The van der Waals surface area contributed by atoms with Crippen molar-refractivity contribution in [3.63, 3.8) is 0 Å². The Balaban J connectivity index is 3.92. The van der Waals surface area contributed by atoms with E-state index >= 15 is 0 Å². The predicted molar refractivity (Wildman–Crippen MR) is 56.3 cm³/mol. The van der Waals surface area contributed by atoms with Gasteiger partial charge in [0.05, 0.1) is 6.10 Å². The first-order valence-corrected chi connectivity index (χ1v) is 5.16. The first-order valence-electron chi connectivity index (χ1n) is 5.16. The number of hydrogen-bond donors (Lipinski definition) is 0. The first-order chi connectivity index (χ1) is 6.74. The van der Waals surface area contributed by atoms with Crippen LogP contribution in [-0.4, -0.2) is 23.6 Å². The van der Waals surface area contributed by atoms with E-state index in [2.05, 4.69) is 0 Å². The van der Waals surface area contributed by atoms with Crippen molar-refractivity contribution in [3.8, 4) is 0 Å². The lowest BCUT2D eigenvalue weighted by Gasteiger charge is -2.19. The minimum atomic E-state index is -0.562. The van der Waals surface area contributed by atoms with Gasteiger partial charge in [-0.05, 0) is 34.1 Å². The Morgan fingerprint density at radius 3 is 2.13 bits per heavy atom. The third-order valence-electron chi connectivity index (χ3n) is 1.62. The van der Waals surface area contributed by atoms with Crippen molar-refractivity contribution in [2.45, 2.75) is 59.2 Å². The molecule has 0 aromatic heterocycles. The summed E-state index contributed by atoms with van der Waals surface area (Å²) in [5.74, 6) is -1.07. The standard InChI is InChI=1S/C11H20O4/c1-6-8(2)14-9(12)7-10(13)15-11(3,4)5/h8H,6-7H2,1-5H3. The largest absolute Gasteiger partial charge is 0.462 e. The second-order valence-electron chi connectivity index (χ2n) is 4.47. The Morgan fingerprint density at radius 2 is 1.73 bits per heavy atom. The number of rotatable bonds is 4. The van der Waals surface area contributed by atoms with Crippen LogP contribution < -0.4 is 0 Å². The van der Waals surface area contributed by atoms with Gasteiger partial charge in [-0.3, -0.25) is 9.59 Å². The molecule has 0 aliphatic rings. The van der Waals surface area contributed by atoms with E-state index < -0.39 is 17.5 Å². The van der Waals surface area contributed by atoms with Crippen LogP contribution >= 0.6 is 0 Å². The van der Waals surface area contributed by atoms with Crippen molar-refractivity contribution in [2.24, 2.45) is 0 Å². The van der Waals surface area contributed by atoms with Gasteiger partial charge in [0.25, 0.3) is 0 Å². The molecule has 15 heavy (non-hydrogen) atoms. The summed E-state index contributed by atoms with van der Waals surface area (Å²) in [6.07, 6.45) is 0.265. The average Bonchev–Trinajstić information content (AvgIpc) is 1.99. The van der Waals surface area contributed by atoms with E-state index in [1.165, 1.54) is 0 Å². The van der Waals surface area contributed by atoms with E-state index in [0.717, 1.165) is 6.42 Å². The molecule has 0 rings (SSSR count). The second-order valence-corrected chi connectivity index (χ2v) is 4.47. The normalized spacial score (nSPS) is 13.1. The smallest absolute Gasteiger partial charge is 0.317 e. The maximum Gasteiger partial charge on any atom is 0.317 e. The summed E-state index contributed by atoms with van der Waals surface area (Å²) in [7, 11) is 0. The van der Waals surface area contributed by atoms with Crippen LogP contribution in [-0.2, 0) is 19.1 Å². The third kappa shape index (κ3) is 7.97. The maximum atomic E-state index is 11.2. The van der Waals surface area contributed by atoms with Crippen LogP contribution in [0.25, 0.3) is 0 Å². The number of carbonyl (C=O) groups is 2. The molecule has 0 N–H and O–H groups in total. The molecule has 0 aromatic rings. The lowest BCUT2D eigenvalue weighted by Crippen LogP contribution is -2.26. The van der Waals surface area contributed by atoms with Gasteiger partial charge in [0.15, 0.2) is 0 Å². The molecule has 0 amide bonds. The molecule has 4 nitrogen and oxygen atoms in total. The number of carbonyl (C=O) groups excluding carboxylic acids is 2. The molecule has 0 fully saturated rings. The Morgan fingerprint density at radius 1 is 1.20 bits per heavy atom. The van der Waals surface area contributed by atoms with Crippen molar-refractivity contribution >= 4 is 11.9 Å². The van der Waals surface area contributed by atoms with Crippen LogP contribution in [0.4, 0.5) is 0 Å². The molecule has 0 spiro atoms. The van der Waals surface area contributed by atoms with Crippen molar-refractivity contribution in [3.05, 3.63) is 0 Å².